The fourth-order valence-corrected chi connectivity index (χ4v) is 3.98. The minimum atomic E-state index is 0.526. The molecule has 1 nitrogen and oxygen atoms in total. The Morgan fingerprint density at radius 1 is 0.613 bits per heavy atom. The molecular weight excluding hydrogens is 398 g/mol. The summed E-state index contributed by atoms with van der Waals surface area (Å²) in [5, 5.41) is 0.531. The van der Waals surface area contributed by atoms with Crippen LogP contribution in [-0.4, -0.2) is 5.17 Å². The van der Waals surface area contributed by atoms with E-state index in [1.807, 2.05) is 30.3 Å². The van der Waals surface area contributed by atoms with E-state index < -0.39 is 0 Å². The summed E-state index contributed by atoms with van der Waals surface area (Å²) in [5.74, 6) is 0. The smallest absolute Gasteiger partial charge is 0.131 e. The Morgan fingerprint density at radius 2 is 1.06 bits per heavy atom. The molecule has 0 fully saturated rings. The molecule has 0 radical (unpaired) electrons. The molecule has 4 aromatic rings. The maximum absolute atomic E-state index is 6.48. The Labute approximate surface area is 189 Å². The van der Waals surface area contributed by atoms with Crippen molar-refractivity contribution in [2.75, 3.05) is 0 Å². The van der Waals surface area contributed by atoms with E-state index in [9.17, 15) is 0 Å². The van der Waals surface area contributed by atoms with Crippen molar-refractivity contribution < 1.29 is 0 Å². The lowest BCUT2D eigenvalue weighted by molar-refractivity contribution is 1.06. The Hall–Kier alpha value is -3.42. The molecule has 152 valence electrons. The van der Waals surface area contributed by atoms with Crippen molar-refractivity contribution >= 4 is 27.9 Å². The predicted octanol–water partition coefficient (Wildman–Crippen LogP) is 7.85. The van der Waals surface area contributed by atoms with Crippen LogP contribution in [0.5, 0.6) is 0 Å². The van der Waals surface area contributed by atoms with Gasteiger partial charge in [-0.25, -0.2) is 0 Å². The predicted molar refractivity (Wildman–Crippen MR) is 133 cm³/mol. The maximum atomic E-state index is 6.48. The highest BCUT2D eigenvalue weighted by Crippen LogP contribution is 2.33. The van der Waals surface area contributed by atoms with E-state index >= 15 is 0 Å². The molecule has 31 heavy (non-hydrogen) atoms. The number of allylic oxidation sites excluding steroid dienone is 1. The third kappa shape index (κ3) is 5.02. The van der Waals surface area contributed by atoms with Crippen molar-refractivity contribution in [2.24, 2.45) is 4.99 Å². The van der Waals surface area contributed by atoms with Crippen LogP contribution in [0.3, 0.4) is 0 Å². The molecule has 0 atom stereocenters. The summed E-state index contributed by atoms with van der Waals surface area (Å²) in [4.78, 5) is 4.67. The second-order valence-electron chi connectivity index (χ2n) is 7.36. The van der Waals surface area contributed by atoms with Gasteiger partial charge in [0.15, 0.2) is 0 Å². The van der Waals surface area contributed by atoms with Crippen molar-refractivity contribution in [3.8, 4) is 0 Å². The van der Waals surface area contributed by atoms with Crippen LogP contribution in [0, 0.1) is 0 Å². The van der Waals surface area contributed by atoms with E-state index in [4.69, 9.17) is 11.6 Å². The first-order valence-electron chi connectivity index (χ1n) is 10.4. The average Bonchev–Trinajstić information content (AvgIpc) is 2.85. The molecule has 0 unspecified atom stereocenters. The van der Waals surface area contributed by atoms with Gasteiger partial charge in [-0.2, -0.15) is 0 Å². The van der Waals surface area contributed by atoms with Gasteiger partial charge in [-0.05, 0) is 40.3 Å². The maximum Gasteiger partial charge on any atom is 0.131 e. The summed E-state index contributed by atoms with van der Waals surface area (Å²) >= 11 is 6.48. The minimum Gasteiger partial charge on any atom is -0.268 e. The van der Waals surface area contributed by atoms with Crippen LogP contribution in [0.25, 0.3) is 11.1 Å². The van der Waals surface area contributed by atoms with Crippen molar-refractivity contribution in [1.82, 2.24) is 0 Å². The van der Waals surface area contributed by atoms with E-state index in [-0.39, 0.29) is 0 Å². The molecule has 0 saturated heterocycles. The number of halogens is 1. The largest absolute Gasteiger partial charge is 0.268 e. The highest BCUT2D eigenvalue weighted by atomic mass is 35.5. The van der Waals surface area contributed by atoms with Crippen molar-refractivity contribution in [1.29, 1.82) is 0 Å². The number of hydrogen-bond acceptors (Lipinski definition) is 1. The van der Waals surface area contributed by atoms with E-state index in [1.54, 1.807) is 0 Å². The van der Waals surface area contributed by atoms with Gasteiger partial charge in [0.1, 0.15) is 5.17 Å². The molecular formula is C29H24ClN. The van der Waals surface area contributed by atoms with E-state index in [1.165, 1.54) is 27.8 Å². The number of benzene rings is 4. The molecule has 0 bridgehead atoms. The summed E-state index contributed by atoms with van der Waals surface area (Å²) in [6, 6.07) is 39.4. The summed E-state index contributed by atoms with van der Waals surface area (Å²) in [7, 11) is 0. The van der Waals surface area contributed by atoms with Gasteiger partial charge in [-0.1, -0.05) is 127 Å². The summed E-state index contributed by atoms with van der Waals surface area (Å²) in [6.45, 7) is 2.72. The molecule has 0 aliphatic carbocycles. The third-order valence-corrected chi connectivity index (χ3v) is 5.66. The summed E-state index contributed by atoms with van der Waals surface area (Å²) < 4.78 is 0. The SMILES string of the molecule is CC(=C(c1ccccc1)c1ccccc1)c1ccccc1CN=C(Cl)c1ccccc1. The van der Waals surface area contributed by atoms with Gasteiger partial charge in [0.25, 0.3) is 0 Å². The fourth-order valence-electron chi connectivity index (χ4n) is 3.79. The lowest BCUT2D eigenvalue weighted by Crippen LogP contribution is -1.98. The average molecular weight is 422 g/mol. The van der Waals surface area contributed by atoms with Crippen LogP contribution in [0.2, 0.25) is 0 Å². The summed E-state index contributed by atoms with van der Waals surface area (Å²) in [5.41, 5.74) is 8.12. The Kier molecular flexibility index (Phi) is 6.76. The van der Waals surface area contributed by atoms with Crippen LogP contribution in [0.15, 0.2) is 120 Å². The van der Waals surface area contributed by atoms with Crippen LogP contribution in [0.4, 0.5) is 0 Å². The molecule has 0 aliphatic rings. The third-order valence-electron chi connectivity index (χ3n) is 5.32. The topological polar surface area (TPSA) is 12.4 Å². The Morgan fingerprint density at radius 3 is 1.61 bits per heavy atom. The molecule has 0 amide bonds. The molecule has 0 aliphatic heterocycles. The standard InChI is InChI=1S/C29H24ClN/c1-22(28(23-13-5-2-6-14-23)24-15-7-3-8-16-24)27-20-12-11-19-26(27)21-31-29(30)25-17-9-4-10-18-25/h2-20H,21H2,1H3. The molecule has 0 N–H and O–H groups in total. The zero-order valence-corrected chi connectivity index (χ0v) is 18.3. The first-order chi connectivity index (χ1) is 15.2. The number of nitrogens with zero attached hydrogens (tertiary/aromatic N) is 1. The van der Waals surface area contributed by atoms with Gasteiger partial charge >= 0.3 is 0 Å². The van der Waals surface area contributed by atoms with Gasteiger partial charge in [0, 0.05) is 5.56 Å². The van der Waals surface area contributed by atoms with Crippen molar-refractivity contribution in [2.45, 2.75) is 13.5 Å². The van der Waals surface area contributed by atoms with Crippen molar-refractivity contribution in [3.63, 3.8) is 0 Å². The molecule has 2 heteroatoms. The fraction of sp³-hybridized carbons (Fsp3) is 0.0690. The van der Waals surface area contributed by atoms with E-state index in [0.29, 0.717) is 11.7 Å². The Bertz CT molecular complexity index is 1150. The van der Waals surface area contributed by atoms with E-state index in [0.717, 1.165) is 11.1 Å². The first-order valence-corrected chi connectivity index (χ1v) is 10.8. The molecule has 0 spiro atoms. The number of rotatable bonds is 6. The van der Waals surface area contributed by atoms with Crippen LogP contribution < -0.4 is 0 Å². The zero-order valence-electron chi connectivity index (χ0n) is 17.5. The Balaban J connectivity index is 1.78. The highest BCUT2D eigenvalue weighted by molar-refractivity contribution is 6.69. The second-order valence-corrected chi connectivity index (χ2v) is 7.72. The minimum absolute atomic E-state index is 0.526. The first kappa shape index (κ1) is 20.8. The normalized spacial score (nSPS) is 11.2. The van der Waals surface area contributed by atoms with Gasteiger partial charge in [0.05, 0.1) is 6.54 Å². The van der Waals surface area contributed by atoms with Crippen molar-refractivity contribution in [3.05, 3.63) is 143 Å². The van der Waals surface area contributed by atoms with Gasteiger partial charge in [-0.15, -0.1) is 0 Å². The highest BCUT2D eigenvalue weighted by Gasteiger charge is 2.13. The lowest BCUT2D eigenvalue weighted by Gasteiger charge is -2.16. The van der Waals surface area contributed by atoms with Crippen LogP contribution in [-0.2, 0) is 6.54 Å². The quantitative estimate of drug-likeness (QED) is 0.222. The summed E-state index contributed by atoms with van der Waals surface area (Å²) in [6.07, 6.45) is 0. The van der Waals surface area contributed by atoms with E-state index in [2.05, 4.69) is 96.8 Å². The monoisotopic (exact) mass is 421 g/mol. The van der Waals surface area contributed by atoms with Gasteiger partial charge in [-0.3, -0.25) is 4.99 Å². The molecule has 0 aromatic heterocycles. The molecule has 0 saturated carbocycles. The van der Waals surface area contributed by atoms with Crippen LogP contribution in [0.1, 0.15) is 34.7 Å². The van der Waals surface area contributed by atoms with Gasteiger partial charge < -0.3 is 0 Å². The zero-order chi connectivity index (χ0) is 21.5. The molecule has 4 aromatic carbocycles. The van der Waals surface area contributed by atoms with Crippen LogP contribution >= 0.6 is 11.6 Å². The molecule has 0 heterocycles. The molecule has 4 rings (SSSR count). The van der Waals surface area contributed by atoms with Gasteiger partial charge in [0.2, 0.25) is 0 Å². The second kappa shape index (κ2) is 10.1. The lowest BCUT2D eigenvalue weighted by atomic mass is 9.88. The number of hydrogen-bond donors (Lipinski definition) is 0. The number of aliphatic imine (C=N–C) groups is 1.